The van der Waals surface area contributed by atoms with E-state index in [1.807, 2.05) is 0 Å². The van der Waals surface area contributed by atoms with Crippen LogP contribution in [-0.4, -0.2) is 26.0 Å². The molecule has 1 N–H and O–H groups in total. The summed E-state index contributed by atoms with van der Waals surface area (Å²) in [5, 5.41) is 20.6. The Kier molecular flexibility index (Phi) is 6.52. The van der Waals surface area contributed by atoms with E-state index in [1.54, 1.807) is 25.3 Å². The number of anilines is 1. The number of nitriles is 2. The van der Waals surface area contributed by atoms with Gasteiger partial charge in [-0.3, -0.25) is 5.43 Å². The third-order valence-electron chi connectivity index (χ3n) is 2.22. The fourth-order valence-electron chi connectivity index (χ4n) is 1.31. The number of para-hydroxylation sites is 1. The summed E-state index contributed by atoms with van der Waals surface area (Å²) >= 11 is 0. The Morgan fingerprint density at radius 2 is 2.10 bits per heavy atom. The molecule has 0 aliphatic carbocycles. The van der Waals surface area contributed by atoms with E-state index < -0.39 is 11.5 Å². The third kappa shape index (κ3) is 4.56. The SMILES string of the molecule is COCCCOc1cccc(F)c1NN=C(C#N)C#N. The normalized spacial score (nSPS) is 9.20. The van der Waals surface area contributed by atoms with Gasteiger partial charge in [0.25, 0.3) is 0 Å². The van der Waals surface area contributed by atoms with Crippen molar-refractivity contribution in [2.24, 2.45) is 5.10 Å². The van der Waals surface area contributed by atoms with Gasteiger partial charge in [0.2, 0.25) is 5.71 Å². The summed E-state index contributed by atoms with van der Waals surface area (Å²) in [7, 11) is 1.58. The maximum atomic E-state index is 13.7. The second-order valence-electron chi connectivity index (χ2n) is 3.60. The largest absolute Gasteiger partial charge is 0.491 e. The van der Waals surface area contributed by atoms with Gasteiger partial charge in [-0.05, 0) is 12.1 Å². The molecule has 1 rings (SSSR count). The number of benzene rings is 1. The molecule has 0 radical (unpaired) electrons. The third-order valence-corrected chi connectivity index (χ3v) is 2.22. The predicted octanol–water partition coefficient (Wildman–Crippen LogP) is 2.06. The lowest BCUT2D eigenvalue weighted by atomic mass is 10.3. The van der Waals surface area contributed by atoms with Gasteiger partial charge >= 0.3 is 0 Å². The summed E-state index contributed by atoms with van der Waals surface area (Å²) in [5.74, 6) is -0.340. The zero-order valence-electron chi connectivity index (χ0n) is 10.9. The predicted molar refractivity (Wildman–Crippen MR) is 70.7 cm³/mol. The summed E-state index contributed by atoms with van der Waals surface area (Å²) in [5.41, 5.74) is 1.91. The highest BCUT2D eigenvalue weighted by Crippen LogP contribution is 2.27. The molecule has 0 aromatic heterocycles. The molecule has 0 amide bonds. The van der Waals surface area contributed by atoms with Crippen molar-refractivity contribution in [2.75, 3.05) is 25.7 Å². The van der Waals surface area contributed by atoms with Gasteiger partial charge in [-0.15, -0.1) is 0 Å². The molecule has 1 aromatic rings. The average Bonchev–Trinajstić information content (AvgIpc) is 2.46. The van der Waals surface area contributed by atoms with Crippen molar-refractivity contribution in [2.45, 2.75) is 6.42 Å². The average molecular weight is 276 g/mol. The molecule has 0 bridgehead atoms. The molecule has 1 aromatic carbocycles. The molecule has 0 saturated carbocycles. The summed E-state index contributed by atoms with van der Waals surface area (Å²) in [6.45, 7) is 0.877. The lowest BCUT2D eigenvalue weighted by Crippen LogP contribution is -2.05. The molecular formula is C13H13FN4O2. The van der Waals surface area contributed by atoms with Gasteiger partial charge in [0.15, 0.2) is 5.82 Å². The van der Waals surface area contributed by atoms with Crippen LogP contribution in [0.1, 0.15) is 6.42 Å². The van der Waals surface area contributed by atoms with E-state index in [2.05, 4.69) is 10.5 Å². The van der Waals surface area contributed by atoms with E-state index in [-0.39, 0.29) is 11.4 Å². The summed E-state index contributed by atoms with van der Waals surface area (Å²) < 4.78 is 24.0. The van der Waals surface area contributed by atoms with Gasteiger partial charge in [-0.1, -0.05) is 6.07 Å². The van der Waals surface area contributed by atoms with E-state index in [9.17, 15) is 4.39 Å². The maximum Gasteiger partial charge on any atom is 0.237 e. The molecule has 0 aliphatic rings. The van der Waals surface area contributed by atoms with Crippen molar-refractivity contribution in [3.63, 3.8) is 0 Å². The monoisotopic (exact) mass is 276 g/mol. The lowest BCUT2D eigenvalue weighted by molar-refractivity contribution is 0.172. The smallest absolute Gasteiger partial charge is 0.237 e. The number of methoxy groups -OCH3 is 1. The Balaban J connectivity index is 2.81. The Hall–Kier alpha value is -2.64. The molecule has 6 nitrogen and oxygen atoms in total. The van der Waals surface area contributed by atoms with Crippen LogP contribution in [-0.2, 0) is 4.74 Å². The second-order valence-corrected chi connectivity index (χ2v) is 3.60. The summed E-state index contributed by atoms with van der Waals surface area (Å²) in [6.07, 6.45) is 0.650. The second kappa shape index (κ2) is 8.46. The molecule has 7 heteroatoms. The molecule has 104 valence electrons. The van der Waals surface area contributed by atoms with Gasteiger partial charge in [-0.25, -0.2) is 4.39 Å². The van der Waals surface area contributed by atoms with Gasteiger partial charge in [0, 0.05) is 20.1 Å². The lowest BCUT2D eigenvalue weighted by Gasteiger charge is -2.11. The minimum atomic E-state index is -0.590. The van der Waals surface area contributed by atoms with Crippen molar-refractivity contribution in [1.29, 1.82) is 10.5 Å². The Labute approximate surface area is 116 Å². The van der Waals surface area contributed by atoms with Crippen LogP contribution in [0.15, 0.2) is 23.3 Å². The number of halogens is 1. The minimum absolute atomic E-state index is 0.0204. The zero-order valence-corrected chi connectivity index (χ0v) is 10.9. The zero-order chi connectivity index (χ0) is 14.8. The van der Waals surface area contributed by atoms with Crippen molar-refractivity contribution >= 4 is 11.4 Å². The highest BCUT2D eigenvalue weighted by Gasteiger charge is 2.09. The molecule has 0 saturated heterocycles. The number of hydrogen-bond donors (Lipinski definition) is 1. The van der Waals surface area contributed by atoms with E-state index in [0.717, 1.165) is 0 Å². The fourth-order valence-corrected chi connectivity index (χ4v) is 1.31. The van der Waals surface area contributed by atoms with E-state index in [1.165, 1.54) is 12.1 Å². The van der Waals surface area contributed by atoms with Gasteiger partial charge in [0.05, 0.1) is 6.61 Å². The highest BCUT2D eigenvalue weighted by molar-refractivity contribution is 6.10. The number of nitrogens with one attached hydrogen (secondary N) is 1. The summed E-state index contributed by atoms with van der Waals surface area (Å²) in [6, 6.07) is 7.41. The number of hydrogen-bond acceptors (Lipinski definition) is 6. The first-order valence-corrected chi connectivity index (χ1v) is 5.77. The van der Waals surface area contributed by atoms with Crippen LogP contribution in [0.2, 0.25) is 0 Å². The van der Waals surface area contributed by atoms with Crippen molar-refractivity contribution in [1.82, 2.24) is 0 Å². The minimum Gasteiger partial charge on any atom is -0.491 e. The molecule has 0 spiro atoms. The van der Waals surface area contributed by atoms with Crippen LogP contribution >= 0.6 is 0 Å². The fraction of sp³-hybridized carbons (Fsp3) is 0.308. The van der Waals surface area contributed by atoms with Crippen LogP contribution in [0.3, 0.4) is 0 Å². The first kappa shape index (κ1) is 15.4. The number of hydrazone groups is 1. The van der Waals surface area contributed by atoms with Gasteiger partial charge < -0.3 is 9.47 Å². The van der Waals surface area contributed by atoms with Gasteiger partial charge in [-0.2, -0.15) is 15.6 Å². The topological polar surface area (TPSA) is 90.4 Å². The van der Waals surface area contributed by atoms with E-state index >= 15 is 0 Å². The van der Waals surface area contributed by atoms with Crippen LogP contribution in [0.5, 0.6) is 5.75 Å². The number of ether oxygens (including phenoxy) is 2. The van der Waals surface area contributed by atoms with Crippen LogP contribution in [0.25, 0.3) is 0 Å². The van der Waals surface area contributed by atoms with Crippen LogP contribution in [0.4, 0.5) is 10.1 Å². The molecule has 0 unspecified atom stereocenters. The molecular weight excluding hydrogens is 263 g/mol. The number of rotatable bonds is 7. The maximum absolute atomic E-state index is 13.7. The number of nitrogens with zero attached hydrogens (tertiary/aromatic N) is 3. The highest BCUT2D eigenvalue weighted by atomic mass is 19.1. The Morgan fingerprint density at radius 3 is 2.75 bits per heavy atom. The van der Waals surface area contributed by atoms with Crippen LogP contribution in [0, 0.1) is 28.5 Å². The van der Waals surface area contributed by atoms with Gasteiger partial charge in [0.1, 0.15) is 23.6 Å². The molecule has 0 atom stereocenters. The van der Waals surface area contributed by atoms with Crippen molar-refractivity contribution in [3.8, 4) is 17.9 Å². The van der Waals surface area contributed by atoms with Crippen molar-refractivity contribution < 1.29 is 13.9 Å². The Morgan fingerprint density at radius 1 is 1.35 bits per heavy atom. The quantitative estimate of drug-likeness (QED) is 0.467. The molecule has 20 heavy (non-hydrogen) atoms. The molecule has 0 fully saturated rings. The van der Waals surface area contributed by atoms with Crippen molar-refractivity contribution in [3.05, 3.63) is 24.0 Å². The molecule has 0 heterocycles. The standard InChI is InChI=1S/C13H13FN4O2/c1-19-6-3-7-20-12-5-2-4-11(14)13(12)18-17-10(8-15)9-16/h2,4-5,18H,3,6-7H2,1H3. The molecule has 0 aliphatic heterocycles. The summed E-state index contributed by atoms with van der Waals surface area (Å²) in [4.78, 5) is 0. The first-order chi connectivity index (χ1) is 9.72. The van der Waals surface area contributed by atoms with Crippen LogP contribution < -0.4 is 10.2 Å². The first-order valence-electron chi connectivity index (χ1n) is 5.77. The van der Waals surface area contributed by atoms with E-state index in [0.29, 0.717) is 19.6 Å². The Bertz CT molecular complexity index is 544. The van der Waals surface area contributed by atoms with E-state index in [4.69, 9.17) is 20.0 Å².